The molecule has 1 heterocycles. The highest BCUT2D eigenvalue weighted by atomic mass is 19.1. The number of hydrogen-bond acceptors (Lipinski definition) is 2. The first-order chi connectivity index (χ1) is 8.20. The molecule has 1 aromatic heterocycles. The minimum absolute atomic E-state index is 0.147. The summed E-state index contributed by atoms with van der Waals surface area (Å²) in [5.41, 5.74) is 3.21. The van der Waals surface area contributed by atoms with Crippen molar-refractivity contribution in [1.29, 1.82) is 0 Å². The van der Waals surface area contributed by atoms with Gasteiger partial charge in [0, 0.05) is 11.6 Å². The van der Waals surface area contributed by atoms with E-state index in [9.17, 15) is 4.39 Å². The van der Waals surface area contributed by atoms with Gasteiger partial charge in [-0.05, 0) is 49.7 Å². The summed E-state index contributed by atoms with van der Waals surface area (Å²) >= 11 is 0. The fourth-order valence-electron chi connectivity index (χ4n) is 1.94. The third kappa shape index (κ3) is 2.74. The lowest BCUT2D eigenvalue weighted by Crippen LogP contribution is -2.18. The first-order valence-electron chi connectivity index (χ1n) is 5.65. The lowest BCUT2D eigenvalue weighted by atomic mass is 9.98. The molecule has 0 saturated carbocycles. The Kier molecular flexibility index (Phi) is 3.59. The average Bonchev–Trinajstić information content (AvgIpc) is 2.84. The molecule has 0 aliphatic heterocycles. The van der Waals surface area contributed by atoms with Gasteiger partial charge in [-0.25, -0.2) is 4.39 Å². The summed E-state index contributed by atoms with van der Waals surface area (Å²) in [6.07, 6.45) is 4.12. The highest BCUT2D eigenvalue weighted by Gasteiger charge is 2.13. The summed E-state index contributed by atoms with van der Waals surface area (Å²) < 4.78 is 18.3. The van der Waals surface area contributed by atoms with Crippen LogP contribution in [0.3, 0.4) is 0 Å². The molecule has 3 heteroatoms. The summed E-state index contributed by atoms with van der Waals surface area (Å²) in [6.45, 7) is 2.00. The number of halogens is 1. The van der Waals surface area contributed by atoms with E-state index in [0.717, 1.165) is 23.1 Å². The van der Waals surface area contributed by atoms with Crippen molar-refractivity contribution < 1.29 is 8.81 Å². The van der Waals surface area contributed by atoms with Crippen molar-refractivity contribution >= 4 is 0 Å². The first-order valence-corrected chi connectivity index (χ1v) is 5.65. The molecule has 1 atom stereocenters. The first kappa shape index (κ1) is 11.9. The topological polar surface area (TPSA) is 25.2 Å². The number of furan rings is 1. The molecule has 1 unspecified atom stereocenters. The summed E-state index contributed by atoms with van der Waals surface area (Å²) in [7, 11) is 1.90. The molecule has 17 heavy (non-hydrogen) atoms. The summed E-state index contributed by atoms with van der Waals surface area (Å²) in [6, 6.07) is 6.97. The van der Waals surface area contributed by atoms with Crippen molar-refractivity contribution in [2.24, 2.45) is 0 Å². The maximum absolute atomic E-state index is 13.2. The molecule has 2 aromatic rings. The van der Waals surface area contributed by atoms with Crippen molar-refractivity contribution in [3.63, 3.8) is 0 Å². The van der Waals surface area contributed by atoms with E-state index >= 15 is 0 Å². The van der Waals surface area contributed by atoms with E-state index in [1.54, 1.807) is 18.6 Å². The number of aryl methyl sites for hydroxylation is 1. The maximum atomic E-state index is 13.2. The minimum atomic E-state index is -0.187. The molecule has 0 radical (unpaired) electrons. The Morgan fingerprint density at radius 1 is 1.35 bits per heavy atom. The van der Waals surface area contributed by atoms with Crippen LogP contribution in [0.15, 0.2) is 41.2 Å². The van der Waals surface area contributed by atoms with E-state index in [-0.39, 0.29) is 11.9 Å². The van der Waals surface area contributed by atoms with Crippen LogP contribution >= 0.6 is 0 Å². The molecule has 0 aliphatic rings. The van der Waals surface area contributed by atoms with Gasteiger partial charge >= 0.3 is 0 Å². The summed E-state index contributed by atoms with van der Waals surface area (Å²) in [5, 5.41) is 3.22. The van der Waals surface area contributed by atoms with E-state index < -0.39 is 0 Å². The Balaban J connectivity index is 2.21. The van der Waals surface area contributed by atoms with E-state index in [1.165, 1.54) is 6.07 Å². The SMILES string of the molecule is CNC(Cc1cc(F)ccc1C)c1ccoc1. The van der Waals surface area contributed by atoms with Gasteiger partial charge in [0.2, 0.25) is 0 Å². The van der Waals surface area contributed by atoms with E-state index in [2.05, 4.69) is 5.32 Å². The predicted octanol–water partition coefficient (Wildman–Crippen LogP) is 3.23. The lowest BCUT2D eigenvalue weighted by molar-refractivity contribution is 0.540. The van der Waals surface area contributed by atoms with Crippen molar-refractivity contribution in [3.8, 4) is 0 Å². The zero-order chi connectivity index (χ0) is 12.3. The number of rotatable bonds is 4. The van der Waals surface area contributed by atoms with Crippen molar-refractivity contribution in [2.45, 2.75) is 19.4 Å². The Hall–Kier alpha value is -1.61. The number of benzene rings is 1. The van der Waals surface area contributed by atoms with E-state index in [0.29, 0.717) is 0 Å². The Labute approximate surface area is 100 Å². The molecule has 0 spiro atoms. The maximum Gasteiger partial charge on any atom is 0.123 e. The number of hydrogen-bond donors (Lipinski definition) is 1. The van der Waals surface area contributed by atoms with Gasteiger partial charge in [0.25, 0.3) is 0 Å². The van der Waals surface area contributed by atoms with Crippen LogP contribution in [0.4, 0.5) is 4.39 Å². The van der Waals surface area contributed by atoms with Gasteiger partial charge in [-0.3, -0.25) is 0 Å². The van der Waals surface area contributed by atoms with Gasteiger partial charge in [-0.15, -0.1) is 0 Å². The second kappa shape index (κ2) is 5.15. The average molecular weight is 233 g/mol. The van der Waals surface area contributed by atoms with Crippen LogP contribution in [0, 0.1) is 12.7 Å². The molecule has 0 amide bonds. The largest absolute Gasteiger partial charge is 0.472 e. The smallest absolute Gasteiger partial charge is 0.123 e. The monoisotopic (exact) mass is 233 g/mol. The highest BCUT2D eigenvalue weighted by molar-refractivity contribution is 5.29. The van der Waals surface area contributed by atoms with Gasteiger partial charge < -0.3 is 9.73 Å². The van der Waals surface area contributed by atoms with Gasteiger partial charge in [-0.2, -0.15) is 0 Å². The van der Waals surface area contributed by atoms with Crippen LogP contribution in [-0.2, 0) is 6.42 Å². The zero-order valence-electron chi connectivity index (χ0n) is 10.0. The standard InChI is InChI=1S/C14H16FNO/c1-10-3-4-13(15)7-12(10)8-14(16-2)11-5-6-17-9-11/h3-7,9,14,16H,8H2,1-2H3. The van der Waals surface area contributed by atoms with Crippen molar-refractivity contribution in [3.05, 3.63) is 59.3 Å². The van der Waals surface area contributed by atoms with E-state index in [1.807, 2.05) is 26.1 Å². The molecule has 2 nitrogen and oxygen atoms in total. The van der Waals surface area contributed by atoms with Crippen molar-refractivity contribution in [1.82, 2.24) is 5.32 Å². The van der Waals surface area contributed by atoms with E-state index in [4.69, 9.17) is 4.42 Å². The normalized spacial score (nSPS) is 12.6. The number of nitrogens with one attached hydrogen (secondary N) is 1. The second-order valence-electron chi connectivity index (χ2n) is 4.17. The van der Waals surface area contributed by atoms with Gasteiger partial charge in [0.15, 0.2) is 0 Å². The quantitative estimate of drug-likeness (QED) is 0.877. The third-order valence-electron chi connectivity index (χ3n) is 3.03. The molecule has 0 bridgehead atoms. The molecular formula is C14H16FNO. The third-order valence-corrected chi connectivity index (χ3v) is 3.03. The van der Waals surface area contributed by atoms with Gasteiger partial charge in [0.1, 0.15) is 5.82 Å². The Bertz CT molecular complexity index is 479. The van der Waals surface area contributed by atoms with Crippen molar-refractivity contribution in [2.75, 3.05) is 7.05 Å². The van der Waals surface area contributed by atoms with Crippen LogP contribution in [0.25, 0.3) is 0 Å². The molecule has 90 valence electrons. The molecule has 1 aromatic carbocycles. The lowest BCUT2D eigenvalue weighted by Gasteiger charge is -2.16. The molecular weight excluding hydrogens is 217 g/mol. The zero-order valence-corrected chi connectivity index (χ0v) is 10.0. The van der Waals surface area contributed by atoms with Gasteiger partial charge in [0.05, 0.1) is 12.5 Å². The molecule has 1 N–H and O–H groups in total. The fraction of sp³-hybridized carbons (Fsp3) is 0.286. The van der Waals surface area contributed by atoms with Crippen LogP contribution < -0.4 is 5.32 Å². The highest BCUT2D eigenvalue weighted by Crippen LogP contribution is 2.21. The summed E-state index contributed by atoms with van der Waals surface area (Å²) in [4.78, 5) is 0. The number of likely N-dealkylation sites (N-methyl/N-ethyl adjacent to an activating group) is 1. The molecule has 0 fully saturated rings. The second-order valence-corrected chi connectivity index (χ2v) is 4.17. The van der Waals surface area contributed by atoms with Crippen LogP contribution in [0.1, 0.15) is 22.7 Å². The minimum Gasteiger partial charge on any atom is -0.472 e. The molecule has 0 aliphatic carbocycles. The fourth-order valence-corrected chi connectivity index (χ4v) is 1.94. The Morgan fingerprint density at radius 2 is 2.18 bits per heavy atom. The summed E-state index contributed by atoms with van der Waals surface area (Å²) in [5.74, 6) is -0.187. The van der Waals surface area contributed by atoms with Gasteiger partial charge in [-0.1, -0.05) is 6.07 Å². The van der Waals surface area contributed by atoms with Crippen LogP contribution in [0.2, 0.25) is 0 Å². The predicted molar refractivity (Wildman–Crippen MR) is 65.3 cm³/mol. The molecule has 2 rings (SSSR count). The van der Waals surface area contributed by atoms with Crippen LogP contribution in [-0.4, -0.2) is 7.05 Å². The molecule has 0 saturated heterocycles. The Morgan fingerprint density at radius 3 is 2.82 bits per heavy atom. The van der Waals surface area contributed by atoms with Crippen LogP contribution in [0.5, 0.6) is 0 Å².